The Morgan fingerprint density at radius 2 is 2.14 bits per heavy atom. The summed E-state index contributed by atoms with van der Waals surface area (Å²) < 4.78 is 5.53. The highest BCUT2D eigenvalue weighted by atomic mass is 16.5. The van der Waals surface area contributed by atoms with Crippen molar-refractivity contribution in [2.75, 3.05) is 20.7 Å². The molecule has 120 valence electrons. The molecule has 0 radical (unpaired) electrons. The van der Waals surface area contributed by atoms with Crippen molar-refractivity contribution in [1.82, 2.24) is 20.2 Å². The molecule has 1 fully saturated rings. The molecule has 0 unspecified atom stereocenters. The van der Waals surface area contributed by atoms with Crippen LogP contribution in [0.4, 0.5) is 0 Å². The number of aromatic nitrogens is 2. The molecule has 7 heteroatoms. The maximum atomic E-state index is 12.7. The van der Waals surface area contributed by atoms with Crippen LogP contribution in [0, 0.1) is 0 Å². The van der Waals surface area contributed by atoms with E-state index in [0.717, 1.165) is 12.8 Å². The molecule has 0 spiro atoms. The van der Waals surface area contributed by atoms with Gasteiger partial charge in [-0.25, -0.2) is 9.97 Å². The van der Waals surface area contributed by atoms with Crippen LogP contribution in [0.3, 0.4) is 0 Å². The number of carbonyl (C=O) groups is 2. The van der Waals surface area contributed by atoms with Crippen molar-refractivity contribution >= 4 is 11.8 Å². The zero-order chi connectivity index (χ0) is 15.9. The number of nitrogens with one attached hydrogen (secondary N) is 1. The molecule has 1 N–H and O–H groups in total. The van der Waals surface area contributed by atoms with Crippen molar-refractivity contribution in [3.8, 4) is 0 Å². The molecule has 1 aromatic heterocycles. The first-order chi connectivity index (χ1) is 10.7. The number of rotatable bonds is 5. The molecule has 7 nitrogen and oxygen atoms in total. The predicted molar refractivity (Wildman–Crippen MR) is 80.2 cm³/mol. The van der Waals surface area contributed by atoms with Crippen molar-refractivity contribution in [2.24, 2.45) is 0 Å². The Balaban J connectivity index is 2.14. The molecule has 2 atom stereocenters. The first-order valence-corrected chi connectivity index (χ1v) is 7.46. The van der Waals surface area contributed by atoms with E-state index in [9.17, 15) is 9.59 Å². The van der Waals surface area contributed by atoms with Crippen LogP contribution in [-0.2, 0) is 9.53 Å². The van der Waals surface area contributed by atoms with Crippen LogP contribution < -0.4 is 5.32 Å². The van der Waals surface area contributed by atoms with Gasteiger partial charge in [-0.2, -0.15) is 0 Å². The maximum absolute atomic E-state index is 12.7. The summed E-state index contributed by atoms with van der Waals surface area (Å²) in [6.45, 7) is 0.659. The molecule has 2 rings (SSSR count). The Labute approximate surface area is 130 Å². The van der Waals surface area contributed by atoms with E-state index < -0.39 is 0 Å². The van der Waals surface area contributed by atoms with Crippen LogP contribution in [0.5, 0.6) is 0 Å². The molecule has 0 aromatic carbocycles. The van der Waals surface area contributed by atoms with Gasteiger partial charge in [-0.15, -0.1) is 0 Å². The summed E-state index contributed by atoms with van der Waals surface area (Å²) in [5.74, 6) is -0.139. The van der Waals surface area contributed by atoms with Gasteiger partial charge in [0.05, 0.1) is 17.7 Å². The van der Waals surface area contributed by atoms with Crippen molar-refractivity contribution in [3.63, 3.8) is 0 Å². The largest absolute Gasteiger partial charge is 0.379 e. The van der Waals surface area contributed by atoms with Crippen molar-refractivity contribution < 1.29 is 14.3 Å². The van der Waals surface area contributed by atoms with Crippen molar-refractivity contribution in [1.29, 1.82) is 0 Å². The Hall–Kier alpha value is -2.02. The molecule has 22 heavy (non-hydrogen) atoms. The highest BCUT2D eigenvalue weighted by Crippen LogP contribution is 2.25. The molecule has 2 amide bonds. The SMILES string of the molecule is CNC(=O)CC[C@H]1[C@@H](OC)CCCN1C(=O)c1cncnc1. The molecule has 2 heterocycles. The number of nitrogens with zero attached hydrogens (tertiary/aromatic N) is 3. The summed E-state index contributed by atoms with van der Waals surface area (Å²) in [7, 11) is 3.26. The van der Waals surface area contributed by atoms with Crippen LogP contribution in [0.2, 0.25) is 0 Å². The maximum Gasteiger partial charge on any atom is 0.257 e. The monoisotopic (exact) mass is 306 g/mol. The minimum absolute atomic E-state index is 0.0316. The second-order valence-electron chi connectivity index (χ2n) is 5.32. The Kier molecular flexibility index (Phi) is 5.83. The van der Waals surface area contributed by atoms with Gasteiger partial charge >= 0.3 is 0 Å². The van der Waals surface area contributed by atoms with Crippen LogP contribution in [0.15, 0.2) is 18.7 Å². The van der Waals surface area contributed by atoms with Gasteiger partial charge in [-0.05, 0) is 19.3 Å². The first-order valence-electron chi connectivity index (χ1n) is 7.46. The smallest absolute Gasteiger partial charge is 0.257 e. The number of methoxy groups -OCH3 is 1. The fourth-order valence-corrected chi connectivity index (χ4v) is 2.87. The van der Waals surface area contributed by atoms with Crippen molar-refractivity contribution in [3.05, 3.63) is 24.3 Å². The average molecular weight is 306 g/mol. The molecule has 1 saturated heterocycles. The fourth-order valence-electron chi connectivity index (χ4n) is 2.87. The third-order valence-corrected chi connectivity index (χ3v) is 4.03. The topological polar surface area (TPSA) is 84.4 Å². The highest BCUT2D eigenvalue weighted by molar-refractivity contribution is 5.94. The van der Waals surface area contributed by atoms with Gasteiger partial charge < -0.3 is 15.0 Å². The van der Waals surface area contributed by atoms with E-state index in [-0.39, 0.29) is 24.0 Å². The predicted octanol–water partition coefficient (Wildman–Crippen LogP) is 0.622. The first kappa shape index (κ1) is 16.4. The van der Waals surface area contributed by atoms with Gasteiger partial charge in [0.25, 0.3) is 5.91 Å². The number of piperidine rings is 1. The highest BCUT2D eigenvalue weighted by Gasteiger charge is 2.35. The van der Waals surface area contributed by atoms with Gasteiger partial charge in [0, 0.05) is 39.5 Å². The van der Waals surface area contributed by atoms with E-state index in [1.165, 1.54) is 18.7 Å². The van der Waals surface area contributed by atoms with Crippen LogP contribution in [0.1, 0.15) is 36.0 Å². The van der Waals surface area contributed by atoms with Crippen LogP contribution >= 0.6 is 0 Å². The second-order valence-corrected chi connectivity index (χ2v) is 5.32. The molecular weight excluding hydrogens is 284 g/mol. The van der Waals surface area contributed by atoms with E-state index >= 15 is 0 Å². The lowest BCUT2D eigenvalue weighted by Gasteiger charge is -2.40. The van der Waals surface area contributed by atoms with Crippen molar-refractivity contribution in [2.45, 2.75) is 37.8 Å². The lowest BCUT2D eigenvalue weighted by molar-refractivity contribution is -0.121. The number of amides is 2. The third-order valence-electron chi connectivity index (χ3n) is 4.03. The molecule has 0 bridgehead atoms. The number of hydrogen-bond donors (Lipinski definition) is 1. The quantitative estimate of drug-likeness (QED) is 0.862. The molecular formula is C15H22N4O3. The minimum Gasteiger partial charge on any atom is -0.379 e. The van der Waals surface area contributed by atoms with Crippen LogP contribution in [-0.4, -0.2) is 59.5 Å². The molecule has 1 aromatic rings. The summed E-state index contributed by atoms with van der Waals surface area (Å²) in [6, 6.07) is -0.108. The van der Waals surface area contributed by atoms with E-state index in [0.29, 0.717) is 24.9 Å². The zero-order valence-corrected chi connectivity index (χ0v) is 13.0. The van der Waals surface area contributed by atoms with E-state index in [1.807, 2.05) is 0 Å². The molecule has 0 saturated carbocycles. The summed E-state index contributed by atoms with van der Waals surface area (Å²) in [5.41, 5.74) is 0.462. The number of hydrogen-bond acceptors (Lipinski definition) is 5. The van der Waals surface area contributed by atoms with E-state index in [1.54, 1.807) is 19.1 Å². The Morgan fingerprint density at radius 1 is 1.41 bits per heavy atom. The number of carbonyl (C=O) groups excluding carboxylic acids is 2. The van der Waals surface area contributed by atoms with Gasteiger partial charge in [-0.3, -0.25) is 9.59 Å². The normalized spacial score (nSPS) is 21.5. The summed E-state index contributed by atoms with van der Waals surface area (Å²) in [4.78, 5) is 33.8. The zero-order valence-electron chi connectivity index (χ0n) is 13.0. The minimum atomic E-state index is -0.108. The number of ether oxygens (including phenoxy) is 1. The average Bonchev–Trinajstić information content (AvgIpc) is 2.59. The van der Waals surface area contributed by atoms with Crippen LogP contribution in [0.25, 0.3) is 0 Å². The lowest BCUT2D eigenvalue weighted by atomic mass is 9.94. The molecule has 1 aliphatic rings. The molecule has 1 aliphatic heterocycles. The summed E-state index contributed by atoms with van der Waals surface area (Å²) in [6.07, 6.45) is 7.11. The van der Waals surface area contributed by atoms with Gasteiger partial charge in [0.2, 0.25) is 5.91 Å². The second kappa shape index (κ2) is 7.84. The number of likely N-dealkylation sites (tertiary alicyclic amines) is 1. The fraction of sp³-hybridized carbons (Fsp3) is 0.600. The third kappa shape index (κ3) is 3.79. The van der Waals surface area contributed by atoms with Gasteiger partial charge in [0.15, 0.2) is 0 Å². The lowest BCUT2D eigenvalue weighted by Crippen LogP contribution is -2.52. The Bertz CT molecular complexity index is 509. The summed E-state index contributed by atoms with van der Waals surface area (Å²) in [5, 5.41) is 2.61. The van der Waals surface area contributed by atoms with Gasteiger partial charge in [-0.1, -0.05) is 0 Å². The Morgan fingerprint density at radius 3 is 2.77 bits per heavy atom. The van der Waals surface area contributed by atoms with E-state index in [2.05, 4.69) is 15.3 Å². The van der Waals surface area contributed by atoms with E-state index in [4.69, 9.17) is 4.74 Å². The molecule has 0 aliphatic carbocycles. The van der Waals surface area contributed by atoms with Gasteiger partial charge in [0.1, 0.15) is 6.33 Å². The standard InChI is InChI=1S/C15H22N4O3/c1-16-14(20)6-5-12-13(22-2)4-3-7-19(12)15(21)11-8-17-10-18-9-11/h8-10,12-13H,3-7H2,1-2H3,(H,16,20)/t12-,13-/m0/s1. The summed E-state index contributed by atoms with van der Waals surface area (Å²) >= 11 is 0.